The Morgan fingerprint density at radius 1 is 1.45 bits per heavy atom. The molecule has 0 heterocycles. The number of hydrogen-bond donors (Lipinski definition) is 2. The normalized spacial score (nSPS) is 23.0. The number of hydrogen-bond acceptors (Lipinski definition) is 3. The first-order valence-corrected chi connectivity index (χ1v) is 8.30. The molecule has 4 heteroatoms. The molecule has 1 amide bonds. The maximum atomic E-state index is 11.9. The molecule has 0 aliphatic heterocycles. The second-order valence-electron chi connectivity index (χ2n) is 6.53. The largest absolute Gasteiger partial charge is 0.374 e. The average molecular weight is 304 g/mol. The third-order valence-corrected chi connectivity index (χ3v) is 4.37. The van der Waals surface area contributed by atoms with Crippen molar-refractivity contribution in [2.75, 3.05) is 11.9 Å². The van der Waals surface area contributed by atoms with E-state index in [4.69, 9.17) is 10.5 Å². The Morgan fingerprint density at radius 3 is 3.00 bits per heavy atom. The topological polar surface area (TPSA) is 64.3 Å². The minimum atomic E-state index is -0.177. The predicted octanol–water partition coefficient (Wildman–Crippen LogP) is 3.32. The molecule has 1 fully saturated rings. The summed E-state index contributed by atoms with van der Waals surface area (Å²) in [5.41, 5.74) is 7.42. The first kappa shape index (κ1) is 17.0. The van der Waals surface area contributed by atoms with E-state index >= 15 is 0 Å². The molecule has 0 saturated heterocycles. The van der Waals surface area contributed by atoms with Crippen molar-refractivity contribution in [3.63, 3.8) is 0 Å². The number of ether oxygens (including phenoxy) is 1. The minimum absolute atomic E-state index is 0.0401. The Morgan fingerprint density at radius 2 is 2.27 bits per heavy atom. The summed E-state index contributed by atoms with van der Waals surface area (Å²) in [4.78, 5) is 11.9. The van der Waals surface area contributed by atoms with Crippen molar-refractivity contribution in [3.8, 4) is 0 Å². The molecule has 1 aromatic rings. The highest BCUT2D eigenvalue weighted by Gasteiger charge is 2.19. The van der Waals surface area contributed by atoms with Gasteiger partial charge in [-0.1, -0.05) is 38.8 Å². The van der Waals surface area contributed by atoms with Crippen LogP contribution in [0.4, 0.5) is 5.69 Å². The quantitative estimate of drug-likeness (QED) is 0.847. The summed E-state index contributed by atoms with van der Waals surface area (Å²) in [6.45, 7) is 5.08. The van der Waals surface area contributed by atoms with E-state index < -0.39 is 0 Å². The molecule has 4 nitrogen and oxygen atoms in total. The van der Waals surface area contributed by atoms with Crippen LogP contribution in [-0.2, 0) is 16.1 Å². The zero-order chi connectivity index (χ0) is 15.9. The van der Waals surface area contributed by atoms with Crippen molar-refractivity contribution in [3.05, 3.63) is 29.8 Å². The first-order valence-electron chi connectivity index (χ1n) is 8.30. The number of carbonyl (C=O) groups is 1. The molecule has 1 aromatic carbocycles. The number of benzene rings is 1. The molecule has 1 saturated carbocycles. The average Bonchev–Trinajstić information content (AvgIpc) is 2.52. The second kappa shape index (κ2) is 8.30. The lowest BCUT2D eigenvalue weighted by Gasteiger charge is -2.26. The molecule has 1 aliphatic carbocycles. The molecule has 0 radical (unpaired) electrons. The Labute approximate surface area is 133 Å². The van der Waals surface area contributed by atoms with Crippen molar-refractivity contribution in [2.24, 2.45) is 17.6 Å². The molecule has 3 N–H and O–H groups in total. The lowest BCUT2D eigenvalue weighted by atomic mass is 9.89. The Hall–Kier alpha value is -1.39. The Bertz CT molecular complexity index is 490. The van der Waals surface area contributed by atoms with E-state index in [0.717, 1.165) is 30.0 Å². The number of nitrogens with two attached hydrogens (primary N) is 1. The van der Waals surface area contributed by atoms with E-state index in [0.29, 0.717) is 19.3 Å². The van der Waals surface area contributed by atoms with E-state index in [1.54, 1.807) is 0 Å². The number of nitrogens with one attached hydrogen (secondary N) is 1. The van der Waals surface area contributed by atoms with E-state index in [1.807, 2.05) is 31.2 Å². The summed E-state index contributed by atoms with van der Waals surface area (Å²) >= 11 is 0. The smallest absolute Gasteiger partial charge is 0.228 e. The van der Waals surface area contributed by atoms with Crippen LogP contribution in [0, 0.1) is 11.8 Å². The van der Waals surface area contributed by atoms with E-state index in [2.05, 4.69) is 12.2 Å². The highest BCUT2D eigenvalue weighted by Crippen LogP contribution is 2.26. The molecule has 0 spiro atoms. The molecule has 122 valence electrons. The van der Waals surface area contributed by atoms with Crippen LogP contribution >= 0.6 is 0 Å². The molecule has 1 aliphatic rings. The van der Waals surface area contributed by atoms with Crippen molar-refractivity contribution < 1.29 is 9.53 Å². The number of anilines is 1. The fourth-order valence-corrected chi connectivity index (χ4v) is 2.86. The molecule has 2 rings (SSSR count). The highest BCUT2D eigenvalue weighted by atomic mass is 16.5. The van der Waals surface area contributed by atoms with Crippen LogP contribution in [0.15, 0.2) is 24.3 Å². The van der Waals surface area contributed by atoms with Crippen molar-refractivity contribution in [1.29, 1.82) is 0 Å². The van der Waals surface area contributed by atoms with E-state index in [-0.39, 0.29) is 11.8 Å². The number of amides is 1. The lowest BCUT2D eigenvalue weighted by molar-refractivity contribution is -0.119. The molecular formula is C18H28N2O2. The van der Waals surface area contributed by atoms with Gasteiger partial charge in [-0.2, -0.15) is 0 Å². The van der Waals surface area contributed by atoms with Gasteiger partial charge in [0.1, 0.15) is 0 Å². The van der Waals surface area contributed by atoms with Crippen LogP contribution in [0.1, 0.15) is 45.1 Å². The van der Waals surface area contributed by atoms with Crippen molar-refractivity contribution in [2.45, 2.75) is 52.2 Å². The zero-order valence-electron chi connectivity index (χ0n) is 13.7. The van der Waals surface area contributed by atoms with Crippen LogP contribution < -0.4 is 11.1 Å². The van der Waals surface area contributed by atoms with Gasteiger partial charge in [0.15, 0.2) is 0 Å². The monoisotopic (exact) mass is 304 g/mol. The van der Waals surface area contributed by atoms with Crippen LogP contribution in [0.25, 0.3) is 0 Å². The van der Waals surface area contributed by atoms with Gasteiger partial charge in [-0.15, -0.1) is 0 Å². The fraction of sp³-hybridized carbons (Fsp3) is 0.611. The number of carbonyl (C=O) groups excluding carboxylic acids is 1. The number of rotatable bonds is 6. The molecular weight excluding hydrogens is 276 g/mol. The Kier molecular flexibility index (Phi) is 6.40. The SMILES string of the molecule is CC1CCCC(OCc2cccc(NC(=O)C(C)CN)c2)C1. The second-order valence-corrected chi connectivity index (χ2v) is 6.53. The summed E-state index contributed by atoms with van der Waals surface area (Å²) in [5, 5.41) is 2.90. The van der Waals surface area contributed by atoms with Crippen LogP contribution in [-0.4, -0.2) is 18.6 Å². The van der Waals surface area contributed by atoms with Gasteiger partial charge in [0.05, 0.1) is 12.7 Å². The third kappa shape index (κ3) is 5.11. The molecule has 22 heavy (non-hydrogen) atoms. The fourth-order valence-electron chi connectivity index (χ4n) is 2.86. The van der Waals surface area contributed by atoms with E-state index in [1.165, 1.54) is 12.8 Å². The van der Waals surface area contributed by atoms with Gasteiger partial charge in [-0.05, 0) is 36.5 Å². The molecule has 3 atom stereocenters. The summed E-state index contributed by atoms with van der Waals surface area (Å²) in [6, 6.07) is 7.86. The highest BCUT2D eigenvalue weighted by molar-refractivity contribution is 5.92. The van der Waals surface area contributed by atoms with Gasteiger partial charge in [0, 0.05) is 18.2 Å². The van der Waals surface area contributed by atoms with Crippen LogP contribution in [0.5, 0.6) is 0 Å². The van der Waals surface area contributed by atoms with Gasteiger partial charge >= 0.3 is 0 Å². The van der Waals surface area contributed by atoms with E-state index in [9.17, 15) is 4.79 Å². The van der Waals surface area contributed by atoms with Gasteiger partial charge < -0.3 is 15.8 Å². The lowest BCUT2D eigenvalue weighted by Crippen LogP contribution is -2.26. The first-order chi connectivity index (χ1) is 10.6. The summed E-state index contributed by atoms with van der Waals surface area (Å²) in [6.07, 6.45) is 5.28. The molecule has 0 aromatic heterocycles. The molecule has 3 unspecified atom stereocenters. The summed E-state index contributed by atoms with van der Waals surface area (Å²) in [7, 11) is 0. The Balaban J connectivity index is 1.87. The van der Waals surface area contributed by atoms with Gasteiger partial charge in [-0.25, -0.2) is 0 Å². The van der Waals surface area contributed by atoms with Gasteiger partial charge in [-0.3, -0.25) is 4.79 Å². The predicted molar refractivity (Wildman–Crippen MR) is 89.5 cm³/mol. The minimum Gasteiger partial charge on any atom is -0.374 e. The summed E-state index contributed by atoms with van der Waals surface area (Å²) in [5.74, 6) is 0.549. The molecule has 0 bridgehead atoms. The third-order valence-electron chi connectivity index (χ3n) is 4.37. The zero-order valence-corrected chi connectivity index (χ0v) is 13.7. The maximum Gasteiger partial charge on any atom is 0.228 e. The summed E-state index contributed by atoms with van der Waals surface area (Å²) < 4.78 is 6.04. The maximum absolute atomic E-state index is 11.9. The van der Waals surface area contributed by atoms with Crippen LogP contribution in [0.3, 0.4) is 0 Å². The van der Waals surface area contributed by atoms with Crippen LogP contribution in [0.2, 0.25) is 0 Å². The van der Waals surface area contributed by atoms with Gasteiger partial charge in [0.2, 0.25) is 5.91 Å². The van der Waals surface area contributed by atoms with Gasteiger partial charge in [0.25, 0.3) is 0 Å². The van der Waals surface area contributed by atoms with Crippen molar-refractivity contribution >= 4 is 11.6 Å². The standard InChI is InChI=1S/C18H28N2O2/c1-13-5-3-8-17(9-13)22-12-15-6-4-7-16(10-15)20-18(21)14(2)11-19/h4,6-7,10,13-14,17H,3,5,8-9,11-12,19H2,1-2H3,(H,20,21). The van der Waals surface area contributed by atoms with Crippen molar-refractivity contribution in [1.82, 2.24) is 0 Å².